The van der Waals surface area contributed by atoms with E-state index in [1.165, 1.54) is 4.31 Å². The Morgan fingerprint density at radius 3 is 2.41 bits per heavy atom. The van der Waals surface area contributed by atoms with Gasteiger partial charge in [-0.15, -0.1) is 0 Å². The number of sulfonamides is 1. The van der Waals surface area contributed by atoms with Crippen molar-refractivity contribution < 1.29 is 22.7 Å². The third kappa shape index (κ3) is 7.48. The van der Waals surface area contributed by atoms with Crippen LogP contribution in [0.15, 0.2) is 48.5 Å². The maximum Gasteiger partial charge on any atom is 0.242 e. The lowest BCUT2D eigenvalue weighted by Gasteiger charge is -2.31. The molecule has 186 valence electrons. The van der Waals surface area contributed by atoms with Crippen LogP contribution in [0.3, 0.4) is 0 Å². The molecule has 9 heteroatoms. The molecule has 2 rings (SSSR count). The van der Waals surface area contributed by atoms with Crippen LogP contribution in [0.2, 0.25) is 0 Å². The monoisotopic (exact) mass is 489 g/mol. The number of rotatable bonds is 12. The van der Waals surface area contributed by atoms with Gasteiger partial charge in [-0.2, -0.15) is 0 Å². The van der Waals surface area contributed by atoms with Gasteiger partial charge >= 0.3 is 0 Å². The lowest BCUT2D eigenvalue weighted by molar-refractivity contribution is -0.141. The summed E-state index contributed by atoms with van der Waals surface area (Å²) in [5.41, 5.74) is 2.36. The molecule has 1 atom stereocenters. The third-order valence-corrected chi connectivity index (χ3v) is 6.76. The van der Waals surface area contributed by atoms with Gasteiger partial charge in [0.15, 0.2) is 0 Å². The lowest BCUT2D eigenvalue weighted by atomic mass is 10.1. The van der Waals surface area contributed by atoms with Crippen LogP contribution in [0.25, 0.3) is 0 Å². The van der Waals surface area contributed by atoms with Gasteiger partial charge in [0.05, 0.1) is 19.1 Å². The van der Waals surface area contributed by atoms with Crippen molar-refractivity contribution in [3.63, 3.8) is 0 Å². The number of carbonyl (C=O) groups is 2. The number of nitrogens with zero attached hydrogens (tertiary/aromatic N) is 2. The average Bonchev–Trinajstić information content (AvgIpc) is 2.80. The Bertz CT molecular complexity index is 1090. The molecule has 0 aliphatic rings. The molecule has 2 aromatic rings. The van der Waals surface area contributed by atoms with Crippen molar-refractivity contribution in [2.24, 2.45) is 0 Å². The molecule has 8 nitrogen and oxygen atoms in total. The summed E-state index contributed by atoms with van der Waals surface area (Å²) >= 11 is 0. The van der Waals surface area contributed by atoms with E-state index in [2.05, 4.69) is 5.32 Å². The minimum absolute atomic E-state index is 0.106. The number of methoxy groups -OCH3 is 1. The molecule has 0 unspecified atom stereocenters. The Balaban J connectivity index is 2.20. The Labute approximate surface area is 202 Å². The molecule has 0 saturated heterocycles. The first-order valence-electron chi connectivity index (χ1n) is 11.3. The number of hydrogen-bond acceptors (Lipinski definition) is 5. The Kier molecular flexibility index (Phi) is 9.92. The van der Waals surface area contributed by atoms with E-state index in [0.29, 0.717) is 24.3 Å². The summed E-state index contributed by atoms with van der Waals surface area (Å²) in [5.74, 6) is 0.215. The van der Waals surface area contributed by atoms with Gasteiger partial charge in [-0.05, 0) is 55.2 Å². The quantitative estimate of drug-likeness (QED) is 0.494. The average molecular weight is 490 g/mol. The van der Waals surface area contributed by atoms with Gasteiger partial charge in [-0.25, -0.2) is 8.42 Å². The van der Waals surface area contributed by atoms with Crippen molar-refractivity contribution in [3.05, 3.63) is 59.7 Å². The molecule has 0 heterocycles. The first-order valence-corrected chi connectivity index (χ1v) is 13.1. The molecule has 0 bridgehead atoms. The van der Waals surface area contributed by atoms with Crippen molar-refractivity contribution in [2.75, 3.05) is 31.3 Å². The fourth-order valence-corrected chi connectivity index (χ4v) is 4.80. The molecule has 0 fully saturated rings. The minimum Gasteiger partial charge on any atom is -0.497 e. The fraction of sp³-hybridized carbons (Fsp3) is 0.440. The van der Waals surface area contributed by atoms with Crippen molar-refractivity contribution in [1.29, 1.82) is 0 Å². The van der Waals surface area contributed by atoms with E-state index in [9.17, 15) is 18.0 Å². The standard InChI is InChI=1S/C25H35N3O5S/c1-6-23(25(30)26-3)27(18-20-11-8-13-22(17-20)33-4)24(29)14-9-15-28(34(5,31)32)21-12-7-10-19(2)16-21/h7-8,10-13,16-17,23H,6,9,14-15,18H2,1-5H3,(H,26,30)/t23-/m0/s1. The number of ether oxygens (including phenoxy) is 1. The fourth-order valence-electron chi connectivity index (χ4n) is 3.84. The van der Waals surface area contributed by atoms with Crippen LogP contribution in [0.4, 0.5) is 5.69 Å². The molecule has 2 aromatic carbocycles. The number of amides is 2. The van der Waals surface area contributed by atoms with E-state index in [0.717, 1.165) is 17.4 Å². The predicted octanol–water partition coefficient (Wildman–Crippen LogP) is 3.10. The van der Waals surface area contributed by atoms with Crippen LogP contribution >= 0.6 is 0 Å². The molecule has 1 N–H and O–H groups in total. The van der Waals surface area contributed by atoms with Crippen LogP contribution in [-0.2, 0) is 26.2 Å². The zero-order chi connectivity index (χ0) is 25.3. The van der Waals surface area contributed by atoms with E-state index < -0.39 is 16.1 Å². The largest absolute Gasteiger partial charge is 0.497 e. The van der Waals surface area contributed by atoms with E-state index in [4.69, 9.17) is 4.74 Å². The number of benzene rings is 2. The second-order valence-electron chi connectivity index (χ2n) is 8.19. The molecule has 34 heavy (non-hydrogen) atoms. The van der Waals surface area contributed by atoms with E-state index in [1.54, 1.807) is 37.3 Å². The molecule has 0 spiro atoms. The highest BCUT2D eigenvalue weighted by molar-refractivity contribution is 7.92. The Morgan fingerprint density at radius 2 is 1.82 bits per heavy atom. The smallest absolute Gasteiger partial charge is 0.242 e. The zero-order valence-corrected chi connectivity index (χ0v) is 21.4. The number of hydrogen-bond donors (Lipinski definition) is 1. The molecular formula is C25H35N3O5S. The van der Waals surface area contributed by atoms with Crippen LogP contribution < -0.4 is 14.4 Å². The number of carbonyl (C=O) groups excluding carboxylic acids is 2. The molecule has 0 radical (unpaired) electrons. The summed E-state index contributed by atoms with van der Waals surface area (Å²) in [4.78, 5) is 27.4. The van der Waals surface area contributed by atoms with Crippen molar-refractivity contribution in [1.82, 2.24) is 10.2 Å². The number of likely N-dealkylation sites (N-methyl/N-ethyl adjacent to an activating group) is 1. The van der Waals surface area contributed by atoms with Crippen molar-refractivity contribution in [3.8, 4) is 5.75 Å². The summed E-state index contributed by atoms with van der Waals surface area (Å²) < 4.78 is 31.4. The van der Waals surface area contributed by atoms with Crippen molar-refractivity contribution in [2.45, 2.75) is 45.7 Å². The van der Waals surface area contributed by atoms with Crippen LogP contribution in [-0.4, -0.2) is 58.1 Å². The van der Waals surface area contributed by atoms with Gasteiger partial charge in [0.25, 0.3) is 0 Å². The zero-order valence-electron chi connectivity index (χ0n) is 20.6. The molecule has 0 saturated carbocycles. The summed E-state index contributed by atoms with van der Waals surface area (Å²) in [6.45, 7) is 4.16. The first kappa shape index (κ1) is 27.2. The minimum atomic E-state index is -3.52. The molecular weight excluding hydrogens is 454 g/mol. The van der Waals surface area contributed by atoms with Crippen molar-refractivity contribution >= 4 is 27.5 Å². The normalized spacial score (nSPS) is 12.0. The van der Waals surface area contributed by atoms with Crippen LogP contribution in [0.5, 0.6) is 5.75 Å². The number of nitrogens with one attached hydrogen (secondary N) is 1. The van der Waals surface area contributed by atoms with Gasteiger partial charge < -0.3 is 15.0 Å². The van der Waals surface area contributed by atoms with Crippen LogP contribution in [0, 0.1) is 6.92 Å². The highest BCUT2D eigenvalue weighted by atomic mass is 32.2. The number of anilines is 1. The summed E-state index contributed by atoms with van der Waals surface area (Å²) in [7, 11) is -0.398. The second-order valence-corrected chi connectivity index (χ2v) is 10.1. The molecule has 2 amide bonds. The maximum absolute atomic E-state index is 13.3. The highest BCUT2D eigenvalue weighted by Crippen LogP contribution is 2.21. The Hall–Kier alpha value is -3.07. The number of aryl methyl sites for hydroxylation is 1. The molecule has 0 aliphatic heterocycles. The SMILES string of the molecule is CC[C@@H](C(=O)NC)N(Cc1cccc(OC)c1)C(=O)CCCN(c1cccc(C)c1)S(C)(=O)=O. The van der Waals surface area contributed by atoms with Gasteiger partial charge in [-0.1, -0.05) is 31.2 Å². The van der Waals surface area contributed by atoms with Gasteiger partial charge in [-0.3, -0.25) is 13.9 Å². The predicted molar refractivity (Wildman–Crippen MR) is 134 cm³/mol. The van der Waals surface area contributed by atoms with Gasteiger partial charge in [0.1, 0.15) is 11.8 Å². The Morgan fingerprint density at radius 1 is 1.12 bits per heavy atom. The highest BCUT2D eigenvalue weighted by Gasteiger charge is 2.28. The van der Waals surface area contributed by atoms with Crippen LogP contribution in [0.1, 0.15) is 37.3 Å². The summed E-state index contributed by atoms with van der Waals surface area (Å²) in [5, 5.41) is 2.64. The summed E-state index contributed by atoms with van der Waals surface area (Å²) in [6.07, 6.45) is 2.03. The van der Waals surface area contributed by atoms with E-state index >= 15 is 0 Å². The summed E-state index contributed by atoms with van der Waals surface area (Å²) in [6, 6.07) is 14.0. The maximum atomic E-state index is 13.3. The lowest BCUT2D eigenvalue weighted by Crippen LogP contribution is -2.48. The van der Waals surface area contributed by atoms with E-state index in [-0.39, 0.29) is 31.3 Å². The first-order chi connectivity index (χ1) is 16.1. The molecule has 0 aromatic heterocycles. The second kappa shape index (κ2) is 12.4. The van der Waals surface area contributed by atoms with Gasteiger partial charge in [0.2, 0.25) is 21.8 Å². The van der Waals surface area contributed by atoms with Gasteiger partial charge in [0, 0.05) is 26.6 Å². The third-order valence-electron chi connectivity index (χ3n) is 5.56. The van der Waals surface area contributed by atoms with E-state index in [1.807, 2.05) is 44.2 Å². The topological polar surface area (TPSA) is 96.0 Å². The molecule has 0 aliphatic carbocycles.